The minimum absolute atomic E-state index is 0.0751. The first kappa shape index (κ1) is 23.6. The number of nitrogens with one attached hydrogen (secondary N) is 3. The van der Waals surface area contributed by atoms with Crippen LogP contribution in [-0.2, 0) is 4.79 Å². The van der Waals surface area contributed by atoms with Crippen LogP contribution in [-0.4, -0.2) is 40.0 Å². The maximum absolute atomic E-state index is 14.2. The van der Waals surface area contributed by atoms with E-state index in [0.717, 1.165) is 5.56 Å². The third kappa shape index (κ3) is 6.96. The van der Waals surface area contributed by atoms with Gasteiger partial charge in [-0.3, -0.25) is 4.79 Å². The topological polar surface area (TPSA) is 88.2 Å². The number of ether oxygens (including phenoxy) is 1. The van der Waals surface area contributed by atoms with Crippen LogP contribution in [0.2, 0.25) is 0 Å². The number of alkyl halides is 4. The Morgan fingerprint density at radius 3 is 2.59 bits per heavy atom. The van der Waals surface area contributed by atoms with Gasteiger partial charge in [0.05, 0.1) is 0 Å². The minimum atomic E-state index is -3.34. The van der Waals surface area contributed by atoms with Crippen LogP contribution in [0.4, 0.5) is 35.0 Å². The van der Waals surface area contributed by atoms with Gasteiger partial charge in [-0.15, -0.1) is 0 Å². The molecule has 1 aliphatic carbocycles. The van der Waals surface area contributed by atoms with Gasteiger partial charge in [-0.25, -0.2) is 18.7 Å². The Morgan fingerprint density at radius 1 is 1.19 bits per heavy atom. The number of amides is 1. The number of aryl methyl sites for hydroxylation is 1. The minimum Gasteiger partial charge on any atom is -0.433 e. The molecule has 0 spiro atoms. The van der Waals surface area contributed by atoms with Crippen LogP contribution in [0.3, 0.4) is 0 Å². The number of rotatable bonds is 7. The van der Waals surface area contributed by atoms with Crippen LogP contribution in [0.1, 0.15) is 38.7 Å². The Labute approximate surface area is 183 Å². The highest BCUT2D eigenvalue weighted by Crippen LogP contribution is 2.35. The third-order valence-electron chi connectivity index (χ3n) is 4.79. The molecule has 3 N–H and O–H groups in total. The average molecular weight is 455 g/mol. The molecule has 2 aromatic heterocycles. The van der Waals surface area contributed by atoms with Crippen LogP contribution < -0.4 is 20.7 Å². The molecule has 0 aromatic carbocycles. The Morgan fingerprint density at radius 2 is 1.91 bits per heavy atom. The lowest BCUT2D eigenvalue weighted by Crippen LogP contribution is -2.48. The fourth-order valence-corrected chi connectivity index (χ4v) is 3.64. The van der Waals surface area contributed by atoms with Crippen LogP contribution in [0.15, 0.2) is 30.5 Å². The van der Waals surface area contributed by atoms with Crippen LogP contribution >= 0.6 is 0 Å². The highest BCUT2D eigenvalue weighted by atomic mass is 19.3. The van der Waals surface area contributed by atoms with E-state index in [4.69, 9.17) is 0 Å². The van der Waals surface area contributed by atoms with Gasteiger partial charge in [-0.2, -0.15) is 8.78 Å². The molecule has 0 radical (unpaired) electrons. The van der Waals surface area contributed by atoms with E-state index < -0.39 is 30.5 Å². The van der Waals surface area contributed by atoms with Crippen molar-refractivity contribution in [1.82, 2.24) is 15.3 Å². The van der Waals surface area contributed by atoms with Gasteiger partial charge in [0, 0.05) is 51.0 Å². The highest BCUT2D eigenvalue weighted by Gasteiger charge is 2.41. The molecule has 1 saturated carbocycles. The fourth-order valence-electron chi connectivity index (χ4n) is 3.64. The fraction of sp³-hybridized carbons (Fsp3) is 0.476. The smallest absolute Gasteiger partial charge is 0.394 e. The molecule has 11 heteroatoms. The molecule has 2 aromatic rings. The Kier molecular flexibility index (Phi) is 6.75. The molecule has 0 bridgehead atoms. The lowest BCUT2D eigenvalue weighted by molar-refractivity contribution is -0.158. The summed E-state index contributed by atoms with van der Waals surface area (Å²) in [6.45, 7) is 3.71. The van der Waals surface area contributed by atoms with Gasteiger partial charge in [0.25, 0.3) is 5.92 Å². The van der Waals surface area contributed by atoms with Crippen molar-refractivity contribution in [3.63, 3.8) is 0 Å². The predicted octanol–water partition coefficient (Wildman–Crippen LogP) is 4.62. The number of carbonyl (C=O) groups excluding carboxylic acids is 1. The number of aromatic nitrogens is 2. The molecule has 1 aliphatic rings. The van der Waals surface area contributed by atoms with Gasteiger partial charge in [-0.05, 0) is 31.0 Å². The van der Waals surface area contributed by atoms with E-state index in [1.165, 1.54) is 25.3 Å². The Balaban J connectivity index is 1.73. The summed E-state index contributed by atoms with van der Waals surface area (Å²) >= 11 is 0. The molecule has 2 heterocycles. The van der Waals surface area contributed by atoms with E-state index in [0.29, 0.717) is 25.0 Å². The lowest BCUT2D eigenvalue weighted by Gasteiger charge is -2.35. The second-order valence-corrected chi connectivity index (χ2v) is 8.01. The zero-order chi connectivity index (χ0) is 23.5. The Hall–Kier alpha value is -3.11. The van der Waals surface area contributed by atoms with E-state index in [2.05, 4.69) is 30.7 Å². The molecule has 0 aliphatic heterocycles. The second kappa shape index (κ2) is 9.17. The van der Waals surface area contributed by atoms with E-state index >= 15 is 0 Å². The third-order valence-corrected chi connectivity index (χ3v) is 4.79. The summed E-state index contributed by atoms with van der Waals surface area (Å²) in [5, 5.41) is 8.51. The van der Waals surface area contributed by atoms with Gasteiger partial charge in [-0.1, -0.05) is 6.07 Å². The van der Waals surface area contributed by atoms with Crippen molar-refractivity contribution in [3.8, 4) is 5.75 Å². The number of anilines is 3. The van der Waals surface area contributed by atoms with Crippen LogP contribution in [0.25, 0.3) is 0 Å². The number of hydrogen-bond donors (Lipinski definition) is 3. The number of halogens is 4. The van der Waals surface area contributed by atoms with Crippen molar-refractivity contribution in [1.29, 1.82) is 0 Å². The molecule has 32 heavy (non-hydrogen) atoms. The summed E-state index contributed by atoms with van der Waals surface area (Å²) in [5.41, 5.74) is 0.733. The number of hydrogen-bond acceptors (Lipinski definition) is 6. The summed E-state index contributed by atoms with van der Waals surface area (Å²) in [6, 6.07) is 4.75. The summed E-state index contributed by atoms with van der Waals surface area (Å²) in [4.78, 5) is 19.8. The van der Waals surface area contributed by atoms with Gasteiger partial charge >= 0.3 is 6.11 Å². The first-order valence-corrected chi connectivity index (χ1v) is 10.1. The van der Waals surface area contributed by atoms with E-state index in [1.807, 2.05) is 0 Å². The maximum atomic E-state index is 14.2. The van der Waals surface area contributed by atoms with Gasteiger partial charge in [0.15, 0.2) is 0 Å². The predicted molar refractivity (Wildman–Crippen MR) is 112 cm³/mol. The second-order valence-electron chi connectivity index (χ2n) is 8.01. The molecule has 0 saturated heterocycles. The molecule has 3 rings (SSSR count). The van der Waals surface area contributed by atoms with E-state index in [9.17, 15) is 22.4 Å². The zero-order valence-corrected chi connectivity index (χ0v) is 17.9. The number of pyridine rings is 2. The summed E-state index contributed by atoms with van der Waals surface area (Å²) in [7, 11) is 0. The van der Waals surface area contributed by atoms with Gasteiger partial charge in [0.1, 0.15) is 23.2 Å². The van der Waals surface area contributed by atoms with Crippen LogP contribution in [0, 0.1) is 6.92 Å². The first-order chi connectivity index (χ1) is 14.9. The molecule has 2 atom stereocenters. The largest absolute Gasteiger partial charge is 0.433 e. The molecular weight excluding hydrogens is 430 g/mol. The number of nitrogens with zero attached hydrogens (tertiary/aromatic N) is 2. The van der Waals surface area contributed by atoms with Gasteiger partial charge in [0.2, 0.25) is 5.91 Å². The van der Waals surface area contributed by atoms with Crippen molar-refractivity contribution >= 4 is 23.4 Å². The molecule has 174 valence electrons. The normalized spacial score (nSPS) is 20.3. The Bertz CT molecular complexity index is 967. The molecule has 1 amide bonds. The highest BCUT2D eigenvalue weighted by molar-refractivity contribution is 5.73. The van der Waals surface area contributed by atoms with Crippen LogP contribution in [0.5, 0.6) is 5.75 Å². The summed E-state index contributed by atoms with van der Waals surface area (Å²) in [6.07, 6.45) is -2.48. The maximum Gasteiger partial charge on any atom is 0.394 e. The molecular formula is C21H25F4N5O2. The SMILES string of the molecule is CC(=O)N[C@@H]1C[C@H](Nc2nc(Nc3cc(OC(C)(F)F)ccn3)ccc2C)CC(F)(F)C1. The summed E-state index contributed by atoms with van der Waals surface area (Å²) in [5.74, 6) is -2.39. The van der Waals surface area contributed by atoms with Crippen molar-refractivity contribution in [2.75, 3.05) is 10.6 Å². The van der Waals surface area contributed by atoms with E-state index in [-0.39, 0.29) is 23.9 Å². The van der Waals surface area contributed by atoms with Crippen molar-refractivity contribution in [2.24, 2.45) is 0 Å². The van der Waals surface area contributed by atoms with Gasteiger partial charge < -0.3 is 20.7 Å². The molecule has 1 fully saturated rings. The van der Waals surface area contributed by atoms with Crippen molar-refractivity contribution in [2.45, 2.75) is 64.1 Å². The monoisotopic (exact) mass is 455 g/mol. The first-order valence-electron chi connectivity index (χ1n) is 10.1. The number of carbonyl (C=O) groups is 1. The quantitative estimate of drug-likeness (QED) is 0.528. The summed E-state index contributed by atoms with van der Waals surface area (Å²) < 4.78 is 59.1. The van der Waals surface area contributed by atoms with E-state index in [1.54, 1.807) is 19.1 Å². The average Bonchev–Trinajstić information content (AvgIpc) is 2.61. The molecule has 0 unspecified atom stereocenters. The standard InChI is InChI=1S/C21H25F4N5O2/c1-12-4-5-17(29-18-9-16(6-7-26-18)32-20(3,22)23)30-19(12)28-15-8-14(27-13(2)31)10-21(24,25)11-15/h4-7,9,14-15H,8,10-11H2,1-3H3,(H,27,31)(H2,26,28,29,30)/t14-,15+/m1/s1. The van der Waals surface area contributed by atoms with Crippen molar-refractivity contribution < 1.29 is 27.1 Å². The lowest BCUT2D eigenvalue weighted by atomic mass is 9.87. The van der Waals surface area contributed by atoms with Crippen molar-refractivity contribution in [3.05, 3.63) is 36.0 Å². The molecule has 7 nitrogen and oxygen atoms in total. The zero-order valence-electron chi connectivity index (χ0n) is 17.9.